The Morgan fingerprint density at radius 3 is 2.74 bits per heavy atom. The molecule has 1 amide bonds. The normalized spacial score (nSPS) is 10.0. The van der Waals surface area contributed by atoms with E-state index in [9.17, 15) is 4.79 Å². The molecule has 2 aromatic carbocycles. The van der Waals surface area contributed by atoms with Gasteiger partial charge in [-0.1, -0.05) is 24.3 Å². The highest BCUT2D eigenvalue weighted by Crippen LogP contribution is 2.23. The topological polar surface area (TPSA) is 64.3 Å². The third kappa shape index (κ3) is 3.11. The van der Waals surface area contributed by atoms with Gasteiger partial charge in [0, 0.05) is 12.1 Å². The van der Waals surface area contributed by atoms with Crippen molar-refractivity contribution in [1.29, 1.82) is 0 Å². The Balaban J connectivity index is 2.20. The van der Waals surface area contributed by atoms with Crippen molar-refractivity contribution in [2.24, 2.45) is 5.73 Å². The Morgan fingerprint density at radius 2 is 2.00 bits per heavy atom. The first-order chi connectivity index (χ1) is 9.24. The van der Waals surface area contributed by atoms with Crippen LogP contribution in [0.3, 0.4) is 0 Å². The predicted octanol–water partition coefficient (Wildman–Crippen LogP) is 2.41. The maximum atomic E-state index is 12.1. The summed E-state index contributed by atoms with van der Waals surface area (Å²) < 4.78 is 5.19. The van der Waals surface area contributed by atoms with Gasteiger partial charge in [0.25, 0.3) is 5.91 Å². The average Bonchev–Trinajstić information content (AvgIpc) is 2.47. The number of hydrogen-bond donors (Lipinski definition) is 2. The summed E-state index contributed by atoms with van der Waals surface area (Å²) in [5.74, 6) is 0.450. The van der Waals surface area contributed by atoms with Gasteiger partial charge < -0.3 is 15.8 Å². The first-order valence-electron chi connectivity index (χ1n) is 5.98. The zero-order valence-corrected chi connectivity index (χ0v) is 10.7. The fourth-order valence-electron chi connectivity index (χ4n) is 1.78. The van der Waals surface area contributed by atoms with E-state index in [1.807, 2.05) is 24.3 Å². The third-order valence-electron chi connectivity index (χ3n) is 2.78. The van der Waals surface area contributed by atoms with Crippen LogP contribution in [0.25, 0.3) is 0 Å². The highest BCUT2D eigenvalue weighted by atomic mass is 16.5. The number of amides is 1. The van der Waals surface area contributed by atoms with Gasteiger partial charge in [0.15, 0.2) is 0 Å². The Bertz CT molecular complexity index is 582. The molecule has 4 heteroatoms. The summed E-state index contributed by atoms with van der Waals surface area (Å²) in [4.78, 5) is 12.1. The number of nitrogens with two attached hydrogens (primary N) is 1. The van der Waals surface area contributed by atoms with Crippen molar-refractivity contribution in [3.63, 3.8) is 0 Å². The van der Waals surface area contributed by atoms with E-state index >= 15 is 0 Å². The van der Waals surface area contributed by atoms with Crippen LogP contribution in [0, 0.1) is 0 Å². The number of hydrogen-bond acceptors (Lipinski definition) is 3. The minimum atomic E-state index is -0.181. The molecule has 0 saturated heterocycles. The number of ether oxygens (including phenoxy) is 1. The van der Waals surface area contributed by atoms with Crippen molar-refractivity contribution >= 4 is 11.6 Å². The van der Waals surface area contributed by atoms with Crippen molar-refractivity contribution in [3.8, 4) is 5.75 Å². The second-order valence-electron chi connectivity index (χ2n) is 4.06. The largest absolute Gasteiger partial charge is 0.495 e. The number of methoxy groups -OCH3 is 1. The van der Waals surface area contributed by atoms with Crippen LogP contribution in [-0.2, 0) is 6.54 Å². The molecule has 98 valence electrons. The summed E-state index contributed by atoms with van der Waals surface area (Å²) in [5, 5.41) is 2.82. The number of anilines is 1. The Labute approximate surface area is 112 Å². The van der Waals surface area contributed by atoms with Crippen LogP contribution in [0.5, 0.6) is 5.75 Å². The van der Waals surface area contributed by atoms with E-state index in [-0.39, 0.29) is 5.91 Å². The predicted molar refractivity (Wildman–Crippen MR) is 75.3 cm³/mol. The molecule has 0 bridgehead atoms. The molecule has 0 saturated carbocycles. The van der Waals surface area contributed by atoms with Crippen molar-refractivity contribution in [1.82, 2.24) is 0 Å². The standard InChI is InChI=1S/C15H16N2O2/c1-19-14-8-3-2-7-13(14)17-15(18)12-6-4-5-11(9-12)10-16/h2-9H,10,16H2,1H3,(H,17,18). The van der Waals surface area contributed by atoms with E-state index in [0.717, 1.165) is 5.56 Å². The van der Waals surface area contributed by atoms with Crippen LogP contribution in [0.15, 0.2) is 48.5 Å². The zero-order valence-electron chi connectivity index (χ0n) is 10.7. The Morgan fingerprint density at radius 1 is 1.21 bits per heavy atom. The molecule has 0 fully saturated rings. The number of carbonyl (C=O) groups excluding carboxylic acids is 1. The van der Waals surface area contributed by atoms with Crippen LogP contribution in [0.1, 0.15) is 15.9 Å². The van der Waals surface area contributed by atoms with Crippen molar-refractivity contribution in [3.05, 3.63) is 59.7 Å². The van der Waals surface area contributed by atoms with Gasteiger partial charge in [-0.3, -0.25) is 4.79 Å². The van der Waals surface area contributed by atoms with E-state index < -0.39 is 0 Å². The SMILES string of the molecule is COc1ccccc1NC(=O)c1cccc(CN)c1. The molecule has 0 unspecified atom stereocenters. The minimum Gasteiger partial charge on any atom is -0.495 e. The van der Waals surface area contributed by atoms with Crippen LogP contribution in [0.2, 0.25) is 0 Å². The Kier molecular flexibility index (Phi) is 4.15. The van der Waals surface area contributed by atoms with Crippen molar-refractivity contribution < 1.29 is 9.53 Å². The van der Waals surface area contributed by atoms with Crippen molar-refractivity contribution in [2.75, 3.05) is 12.4 Å². The van der Waals surface area contributed by atoms with Crippen LogP contribution >= 0.6 is 0 Å². The zero-order chi connectivity index (χ0) is 13.7. The van der Waals surface area contributed by atoms with Crippen LogP contribution in [0.4, 0.5) is 5.69 Å². The highest BCUT2D eigenvalue weighted by Gasteiger charge is 2.09. The number of benzene rings is 2. The molecule has 2 aromatic rings. The maximum absolute atomic E-state index is 12.1. The molecule has 2 rings (SSSR count). The van der Waals surface area contributed by atoms with Gasteiger partial charge in [0.05, 0.1) is 12.8 Å². The lowest BCUT2D eigenvalue weighted by atomic mass is 10.1. The van der Waals surface area contributed by atoms with E-state index in [4.69, 9.17) is 10.5 Å². The summed E-state index contributed by atoms with van der Waals surface area (Å²) in [6, 6.07) is 14.5. The first kappa shape index (κ1) is 13.1. The molecule has 19 heavy (non-hydrogen) atoms. The van der Waals surface area contributed by atoms with Crippen molar-refractivity contribution in [2.45, 2.75) is 6.54 Å². The van der Waals surface area contributed by atoms with Gasteiger partial charge >= 0.3 is 0 Å². The van der Waals surface area contributed by atoms with Gasteiger partial charge in [0.2, 0.25) is 0 Å². The smallest absolute Gasteiger partial charge is 0.255 e. The number of nitrogens with one attached hydrogen (secondary N) is 1. The summed E-state index contributed by atoms with van der Waals surface area (Å²) in [7, 11) is 1.57. The molecule has 4 nitrogen and oxygen atoms in total. The third-order valence-corrected chi connectivity index (χ3v) is 2.78. The summed E-state index contributed by atoms with van der Waals surface area (Å²) >= 11 is 0. The summed E-state index contributed by atoms with van der Waals surface area (Å²) in [6.45, 7) is 0.412. The number of carbonyl (C=O) groups is 1. The lowest BCUT2D eigenvalue weighted by Crippen LogP contribution is -2.13. The van der Waals surface area contributed by atoms with Gasteiger partial charge in [-0.25, -0.2) is 0 Å². The lowest BCUT2D eigenvalue weighted by molar-refractivity contribution is 0.102. The maximum Gasteiger partial charge on any atom is 0.255 e. The van der Waals surface area contributed by atoms with Crippen LogP contribution in [-0.4, -0.2) is 13.0 Å². The van der Waals surface area contributed by atoms with Gasteiger partial charge in [0.1, 0.15) is 5.75 Å². The molecule has 0 aliphatic rings. The molecular formula is C15H16N2O2. The Hall–Kier alpha value is -2.33. The van der Waals surface area contributed by atoms with E-state index in [2.05, 4.69) is 5.32 Å². The molecule has 0 aromatic heterocycles. The van der Waals surface area contributed by atoms with Gasteiger partial charge in [-0.15, -0.1) is 0 Å². The number of para-hydroxylation sites is 2. The second-order valence-corrected chi connectivity index (χ2v) is 4.06. The molecule has 0 atom stereocenters. The van der Waals surface area contributed by atoms with E-state index in [0.29, 0.717) is 23.5 Å². The summed E-state index contributed by atoms with van der Waals surface area (Å²) in [6.07, 6.45) is 0. The first-order valence-corrected chi connectivity index (χ1v) is 5.98. The monoisotopic (exact) mass is 256 g/mol. The molecule has 0 aliphatic carbocycles. The quantitative estimate of drug-likeness (QED) is 0.883. The second kappa shape index (κ2) is 6.02. The molecule has 0 spiro atoms. The molecule has 0 radical (unpaired) electrons. The fourth-order valence-corrected chi connectivity index (χ4v) is 1.78. The molecule has 0 aliphatic heterocycles. The summed E-state index contributed by atoms with van der Waals surface area (Å²) in [5.41, 5.74) is 7.71. The highest BCUT2D eigenvalue weighted by molar-refractivity contribution is 6.05. The fraction of sp³-hybridized carbons (Fsp3) is 0.133. The lowest BCUT2D eigenvalue weighted by Gasteiger charge is -2.10. The van der Waals surface area contributed by atoms with Gasteiger partial charge in [-0.2, -0.15) is 0 Å². The molecule has 3 N–H and O–H groups in total. The van der Waals surface area contributed by atoms with E-state index in [1.165, 1.54) is 0 Å². The average molecular weight is 256 g/mol. The van der Waals surface area contributed by atoms with Crippen LogP contribution < -0.4 is 15.8 Å². The molecule has 0 heterocycles. The number of rotatable bonds is 4. The van der Waals surface area contributed by atoms with Gasteiger partial charge in [-0.05, 0) is 29.8 Å². The molecular weight excluding hydrogens is 240 g/mol. The minimum absolute atomic E-state index is 0.181. The van der Waals surface area contributed by atoms with E-state index in [1.54, 1.807) is 31.4 Å².